The van der Waals surface area contributed by atoms with E-state index in [0.29, 0.717) is 17.3 Å². The predicted octanol–water partition coefficient (Wildman–Crippen LogP) is 2.03. The summed E-state index contributed by atoms with van der Waals surface area (Å²) in [6, 6.07) is 9.31. The van der Waals surface area contributed by atoms with Gasteiger partial charge in [-0.3, -0.25) is 9.52 Å². The summed E-state index contributed by atoms with van der Waals surface area (Å²) < 4.78 is 56.2. The van der Waals surface area contributed by atoms with E-state index in [1.54, 1.807) is 24.3 Å². The number of ether oxygens (including phenoxy) is 1. The predicted molar refractivity (Wildman–Crippen MR) is 88.6 cm³/mol. The molecule has 0 fully saturated rings. The first-order chi connectivity index (χ1) is 11.7. The van der Waals surface area contributed by atoms with E-state index >= 15 is 0 Å². The topological polar surface area (TPSA) is 84.5 Å². The lowest BCUT2D eigenvalue weighted by atomic mass is 10.2. The molecule has 0 radical (unpaired) electrons. The molecule has 2 aromatic rings. The van der Waals surface area contributed by atoms with Crippen LogP contribution in [0.4, 0.5) is 14.5 Å². The van der Waals surface area contributed by atoms with Crippen LogP contribution in [0.2, 0.25) is 0 Å². The minimum Gasteiger partial charge on any atom is -0.481 e. The minimum atomic E-state index is -3.45. The van der Waals surface area contributed by atoms with Crippen LogP contribution in [-0.2, 0) is 21.4 Å². The van der Waals surface area contributed by atoms with Crippen molar-refractivity contribution in [2.75, 3.05) is 17.6 Å². The highest BCUT2D eigenvalue weighted by molar-refractivity contribution is 7.92. The Balaban J connectivity index is 1.92. The normalized spacial score (nSPS) is 11.0. The molecule has 0 aliphatic rings. The maximum Gasteiger partial charge on any atom is 0.258 e. The average Bonchev–Trinajstić information content (AvgIpc) is 2.52. The van der Waals surface area contributed by atoms with E-state index in [1.165, 1.54) is 0 Å². The fraction of sp³-hybridized carbons (Fsp3) is 0.188. The second-order valence-electron chi connectivity index (χ2n) is 5.17. The SMILES string of the molecule is CS(=O)(=O)Nc1ccccc1CNC(=O)COc1ccc(F)cc1F. The number of benzene rings is 2. The van der Waals surface area contributed by atoms with Crippen LogP contribution in [0.15, 0.2) is 42.5 Å². The van der Waals surface area contributed by atoms with Gasteiger partial charge < -0.3 is 10.1 Å². The summed E-state index contributed by atoms with van der Waals surface area (Å²) in [6.07, 6.45) is 1.02. The van der Waals surface area contributed by atoms with Crippen LogP contribution in [-0.4, -0.2) is 27.2 Å². The number of hydrogen-bond donors (Lipinski definition) is 2. The van der Waals surface area contributed by atoms with Crippen molar-refractivity contribution in [1.29, 1.82) is 0 Å². The number of para-hydroxylation sites is 1. The van der Waals surface area contributed by atoms with Crippen molar-refractivity contribution in [2.45, 2.75) is 6.54 Å². The number of anilines is 1. The lowest BCUT2D eigenvalue weighted by molar-refractivity contribution is -0.123. The maximum atomic E-state index is 13.4. The molecule has 2 aromatic carbocycles. The van der Waals surface area contributed by atoms with Crippen molar-refractivity contribution < 1.29 is 26.7 Å². The third kappa shape index (κ3) is 6.03. The van der Waals surface area contributed by atoms with Crippen LogP contribution >= 0.6 is 0 Å². The zero-order valence-electron chi connectivity index (χ0n) is 13.3. The highest BCUT2D eigenvalue weighted by atomic mass is 32.2. The number of sulfonamides is 1. The second-order valence-corrected chi connectivity index (χ2v) is 6.92. The molecule has 0 bridgehead atoms. The smallest absolute Gasteiger partial charge is 0.258 e. The Morgan fingerprint density at radius 1 is 1.16 bits per heavy atom. The molecule has 0 unspecified atom stereocenters. The number of rotatable bonds is 7. The summed E-state index contributed by atoms with van der Waals surface area (Å²) in [5.74, 6) is -2.44. The highest BCUT2D eigenvalue weighted by Crippen LogP contribution is 2.18. The number of carbonyl (C=O) groups is 1. The van der Waals surface area contributed by atoms with Gasteiger partial charge >= 0.3 is 0 Å². The van der Waals surface area contributed by atoms with Gasteiger partial charge in [0, 0.05) is 12.6 Å². The van der Waals surface area contributed by atoms with E-state index in [-0.39, 0.29) is 12.3 Å². The standard InChI is InChI=1S/C16H16F2N2O4S/c1-25(22,23)20-14-5-3-2-4-11(14)9-19-16(21)10-24-15-7-6-12(17)8-13(15)18/h2-8,20H,9-10H2,1H3,(H,19,21). The lowest BCUT2D eigenvalue weighted by Crippen LogP contribution is -2.29. The van der Waals surface area contributed by atoms with Crippen LogP contribution in [0.1, 0.15) is 5.56 Å². The van der Waals surface area contributed by atoms with E-state index in [0.717, 1.165) is 18.4 Å². The Bertz CT molecular complexity index is 872. The third-order valence-electron chi connectivity index (χ3n) is 3.04. The van der Waals surface area contributed by atoms with Crippen LogP contribution in [0.3, 0.4) is 0 Å². The molecule has 0 saturated carbocycles. The van der Waals surface area contributed by atoms with Crippen molar-refractivity contribution in [1.82, 2.24) is 5.32 Å². The largest absolute Gasteiger partial charge is 0.481 e. The van der Waals surface area contributed by atoms with Crippen molar-refractivity contribution in [2.24, 2.45) is 0 Å². The molecule has 0 aliphatic carbocycles. The van der Waals surface area contributed by atoms with Gasteiger partial charge in [0.05, 0.1) is 11.9 Å². The fourth-order valence-corrected chi connectivity index (χ4v) is 2.55. The molecule has 1 amide bonds. The Labute approximate surface area is 143 Å². The van der Waals surface area contributed by atoms with Gasteiger partial charge in [-0.25, -0.2) is 17.2 Å². The molecule has 0 spiro atoms. The van der Waals surface area contributed by atoms with Gasteiger partial charge in [0.25, 0.3) is 5.91 Å². The van der Waals surface area contributed by atoms with Gasteiger partial charge in [0.2, 0.25) is 10.0 Å². The van der Waals surface area contributed by atoms with Gasteiger partial charge in [-0.1, -0.05) is 18.2 Å². The highest BCUT2D eigenvalue weighted by Gasteiger charge is 2.10. The molecule has 0 saturated heterocycles. The summed E-state index contributed by atoms with van der Waals surface area (Å²) in [5.41, 5.74) is 0.894. The second kappa shape index (κ2) is 7.93. The molecule has 2 rings (SSSR count). The number of amides is 1. The molecule has 0 atom stereocenters. The van der Waals surface area contributed by atoms with Gasteiger partial charge in [0.1, 0.15) is 5.82 Å². The molecule has 2 N–H and O–H groups in total. The number of halogens is 2. The monoisotopic (exact) mass is 370 g/mol. The minimum absolute atomic E-state index is 0.0484. The van der Waals surface area contributed by atoms with Gasteiger partial charge in [-0.2, -0.15) is 0 Å². The maximum absolute atomic E-state index is 13.4. The van der Waals surface area contributed by atoms with Gasteiger partial charge in [-0.15, -0.1) is 0 Å². The third-order valence-corrected chi connectivity index (χ3v) is 3.63. The van der Waals surface area contributed by atoms with Crippen molar-refractivity contribution in [3.05, 3.63) is 59.7 Å². The molecule has 0 heterocycles. The Morgan fingerprint density at radius 3 is 2.56 bits per heavy atom. The molecule has 0 aromatic heterocycles. The molecule has 134 valence electrons. The first-order valence-corrected chi connectivity index (χ1v) is 9.04. The summed E-state index contributed by atoms with van der Waals surface area (Å²) in [5, 5.41) is 2.53. The Hall–Kier alpha value is -2.68. The van der Waals surface area contributed by atoms with E-state index in [4.69, 9.17) is 4.74 Å². The molecule has 6 nitrogen and oxygen atoms in total. The first-order valence-electron chi connectivity index (χ1n) is 7.15. The Kier molecular flexibility index (Phi) is 5.92. The summed E-state index contributed by atoms with van der Waals surface area (Å²) in [6.45, 7) is -0.420. The quantitative estimate of drug-likeness (QED) is 0.781. The fourth-order valence-electron chi connectivity index (χ4n) is 1.95. The van der Waals surface area contributed by atoms with Crippen molar-refractivity contribution >= 4 is 21.6 Å². The summed E-state index contributed by atoms with van der Waals surface area (Å²) in [7, 11) is -3.45. The molecule has 0 aliphatic heterocycles. The van der Waals surface area contributed by atoms with Crippen molar-refractivity contribution in [3.63, 3.8) is 0 Å². The lowest BCUT2D eigenvalue weighted by Gasteiger charge is -2.12. The van der Waals surface area contributed by atoms with E-state index < -0.39 is 34.2 Å². The number of hydrogen-bond acceptors (Lipinski definition) is 4. The zero-order valence-corrected chi connectivity index (χ0v) is 14.1. The van der Waals surface area contributed by atoms with E-state index in [2.05, 4.69) is 10.0 Å². The zero-order chi connectivity index (χ0) is 18.4. The Morgan fingerprint density at radius 2 is 1.88 bits per heavy atom. The van der Waals surface area contributed by atoms with Gasteiger partial charge in [-0.05, 0) is 23.8 Å². The molecule has 25 heavy (non-hydrogen) atoms. The van der Waals surface area contributed by atoms with Crippen LogP contribution in [0.5, 0.6) is 5.75 Å². The van der Waals surface area contributed by atoms with Gasteiger partial charge in [0.15, 0.2) is 18.2 Å². The number of nitrogens with one attached hydrogen (secondary N) is 2. The average molecular weight is 370 g/mol. The van der Waals surface area contributed by atoms with Crippen LogP contribution in [0.25, 0.3) is 0 Å². The molecular weight excluding hydrogens is 354 g/mol. The summed E-state index contributed by atoms with van der Waals surface area (Å²) in [4.78, 5) is 11.8. The number of carbonyl (C=O) groups excluding carboxylic acids is 1. The van der Waals surface area contributed by atoms with E-state index in [1.807, 2.05) is 0 Å². The van der Waals surface area contributed by atoms with E-state index in [9.17, 15) is 22.0 Å². The molecule has 9 heteroatoms. The summed E-state index contributed by atoms with van der Waals surface area (Å²) >= 11 is 0. The van der Waals surface area contributed by atoms with Crippen molar-refractivity contribution in [3.8, 4) is 5.75 Å². The van der Waals surface area contributed by atoms with Crippen LogP contribution in [0, 0.1) is 11.6 Å². The first kappa shape index (κ1) is 18.7. The molecular formula is C16H16F2N2O4S. The van der Waals surface area contributed by atoms with Crippen LogP contribution < -0.4 is 14.8 Å².